The number of primary amides is 1. The van der Waals surface area contributed by atoms with Crippen LogP contribution in [-0.4, -0.2) is 64.8 Å². The van der Waals surface area contributed by atoms with Crippen LogP contribution in [-0.2, 0) is 9.59 Å². The van der Waals surface area contributed by atoms with E-state index in [1.165, 1.54) is 0 Å². The Morgan fingerprint density at radius 1 is 1.05 bits per heavy atom. The van der Waals surface area contributed by atoms with E-state index in [0.29, 0.717) is 55.4 Å². The van der Waals surface area contributed by atoms with E-state index in [2.05, 4.69) is 9.88 Å². The van der Waals surface area contributed by atoms with Crippen molar-refractivity contribution in [2.75, 3.05) is 26.2 Å². The molecule has 1 saturated carbocycles. The molecular formula is C30H37ClN4O4. The number of esters is 1. The largest absolute Gasteiger partial charge is 0.426 e. The number of ether oxygens (including phenoxy) is 1. The van der Waals surface area contributed by atoms with Crippen LogP contribution in [0, 0.1) is 38.0 Å². The van der Waals surface area contributed by atoms with Gasteiger partial charge >= 0.3 is 5.97 Å². The van der Waals surface area contributed by atoms with Crippen LogP contribution in [0.15, 0.2) is 30.5 Å². The Balaban J connectivity index is 1.34. The number of nitrogens with zero attached hydrogens (tertiary/aromatic N) is 3. The van der Waals surface area contributed by atoms with Crippen LogP contribution in [0.25, 0.3) is 0 Å². The lowest BCUT2D eigenvalue weighted by molar-refractivity contribution is -0.151. The normalized spacial score (nSPS) is 23.0. The van der Waals surface area contributed by atoms with Crippen molar-refractivity contribution in [3.8, 4) is 5.75 Å². The zero-order valence-electron chi connectivity index (χ0n) is 22.9. The molecule has 2 aliphatic heterocycles. The van der Waals surface area contributed by atoms with Gasteiger partial charge in [-0.25, -0.2) is 0 Å². The van der Waals surface area contributed by atoms with Crippen LogP contribution in [0.2, 0.25) is 5.02 Å². The number of halogens is 1. The molecule has 3 fully saturated rings. The molecule has 2 amide bonds. The first-order chi connectivity index (χ1) is 18.6. The predicted molar refractivity (Wildman–Crippen MR) is 148 cm³/mol. The molecule has 1 aromatic heterocycles. The molecule has 1 aliphatic carbocycles. The van der Waals surface area contributed by atoms with Crippen molar-refractivity contribution < 1.29 is 19.1 Å². The number of nitrogens with two attached hydrogens (primary N) is 1. The van der Waals surface area contributed by atoms with Crippen molar-refractivity contribution in [3.05, 3.63) is 57.9 Å². The Morgan fingerprint density at radius 2 is 1.72 bits per heavy atom. The number of aryl methyl sites for hydroxylation is 3. The van der Waals surface area contributed by atoms with E-state index < -0.39 is 11.3 Å². The van der Waals surface area contributed by atoms with E-state index in [4.69, 9.17) is 22.1 Å². The molecule has 0 spiro atoms. The van der Waals surface area contributed by atoms with Gasteiger partial charge in [0.2, 0.25) is 5.91 Å². The van der Waals surface area contributed by atoms with E-state index in [1.54, 1.807) is 18.3 Å². The maximum Gasteiger partial charge on any atom is 0.319 e. The van der Waals surface area contributed by atoms with E-state index in [-0.39, 0.29) is 36.2 Å². The highest BCUT2D eigenvalue weighted by molar-refractivity contribution is 6.31. The minimum Gasteiger partial charge on any atom is -0.426 e. The van der Waals surface area contributed by atoms with E-state index in [0.717, 1.165) is 29.7 Å². The second-order valence-corrected chi connectivity index (χ2v) is 12.0. The van der Waals surface area contributed by atoms with Crippen LogP contribution >= 0.6 is 11.6 Å². The molecule has 2 saturated heterocycles. The van der Waals surface area contributed by atoms with Gasteiger partial charge in [0.1, 0.15) is 5.75 Å². The minimum atomic E-state index is -0.815. The summed E-state index contributed by atoms with van der Waals surface area (Å²) in [6, 6.07) is 6.78. The zero-order chi connectivity index (χ0) is 27.9. The number of likely N-dealkylation sites (tertiary alicyclic amines) is 2. The molecule has 0 radical (unpaired) electrons. The molecule has 1 aromatic carbocycles. The third kappa shape index (κ3) is 5.29. The fourth-order valence-electron chi connectivity index (χ4n) is 7.01. The van der Waals surface area contributed by atoms with E-state index in [1.807, 2.05) is 37.8 Å². The Kier molecular flexibility index (Phi) is 7.71. The summed E-state index contributed by atoms with van der Waals surface area (Å²) in [5.41, 5.74) is 8.21. The van der Waals surface area contributed by atoms with Gasteiger partial charge < -0.3 is 15.4 Å². The van der Waals surface area contributed by atoms with Crippen molar-refractivity contribution in [2.45, 2.75) is 58.9 Å². The van der Waals surface area contributed by atoms with Gasteiger partial charge in [0, 0.05) is 49.9 Å². The average molecular weight is 553 g/mol. The predicted octanol–water partition coefficient (Wildman–Crippen LogP) is 4.07. The van der Waals surface area contributed by atoms with Gasteiger partial charge in [-0.1, -0.05) is 30.5 Å². The number of hydrogen-bond acceptors (Lipinski definition) is 6. The summed E-state index contributed by atoms with van der Waals surface area (Å²) in [5, 5.41) is 0.539. The number of fused-ring (bicyclic) bond motifs is 1. The highest BCUT2D eigenvalue weighted by Crippen LogP contribution is 2.48. The quantitative estimate of drug-likeness (QED) is 0.410. The molecule has 5 rings (SSSR count). The Hall–Kier alpha value is -2.97. The Morgan fingerprint density at radius 3 is 2.31 bits per heavy atom. The topological polar surface area (TPSA) is 106 Å². The van der Waals surface area contributed by atoms with Crippen molar-refractivity contribution in [2.24, 2.45) is 23.0 Å². The number of hydrogen-bond donors (Lipinski definition) is 1. The number of amides is 2. The fourth-order valence-corrected chi connectivity index (χ4v) is 7.19. The van der Waals surface area contributed by atoms with Crippen molar-refractivity contribution in [1.82, 2.24) is 14.8 Å². The summed E-state index contributed by atoms with van der Waals surface area (Å²) in [4.78, 5) is 48.0. The zero-order valence-corrected chi connectivity index (χ0v) is 23.7. The standard InChI is InChI=1S/C30H37ClN4O4/c1-18-6-7-23(12-24(18)31)39-29(38)30(9-4-5-10-30)25(13-26(32)36)34-14-21-16-35(17-22(21)15-34)28(37)27-19(2)8-11-33-20(27)3/h6-8,11-12,21-22,25H,4-5,9-10,13-17H2,1-3H3,(H2,32,36). The van der Waals surface area contributed by atoms with Gasteiger partial charge in [0.05, 0.1) is 16.7 Å². The van der Waals surface area contributed by atoms with Gasteiger partial charge in [-0.05, 0) is 74.8 Å². The van der Waals surface area contributed by atoms with Crippen molar-refractivity contribution in [1.29, 1.82) is 0 Å². The molecular weight excluding hydrogens is 516 g/mol. The van der Waals surface area contributed by atoms with Crippen LogP contribution in [0.4, 0.5) is 0 Å². The number of carbonyl (C=O) groups excluding carboxylic acids is 3. The molecule has 2 aromatic rings. The smallest absolute Gasteiger partial charge is 0.319 e. The third-order valence-corrected chi connectivity index (χ3v) is 9.50. The SMILES string of the molecule is Cc1ccc(OC(=O)C2(C(CC(N)=O)N3CC4CN(C(=O)c5c(C)ccnc5C)CC4C3)CCCC2)cc1Cl. The summed E-state index contributed by atoms with van der Waals surface area (Å²) in [6.07, 6.45) is 4.92. The fraction of sp³-hybridized carbons (Fsp3) is 0.533. The molecule has 2 N–H and O–H groups in total. The number of carbonyl (C=O) groups is 3. The molecule has 3 heterocycles. The lowest BCUT2D eigenvalue weighted by Crippen LogP contribution is -2.53. The summed E-state index contributed by atoms with van der Waals surface area (Å²) in [5.74, 6) is 0.240. The van der Waals surface area contributed by atoms with E-state index in [9.17, 15) is 14.4 Å². The number of pyridine rings is 1. The number of rotatable bonds is 7. The molecule has 0 bridgehead atoms. The highest BCUT2D eigenvalue weighted by atomic mass is 35.5. The van der Waals surface area contributed by atoms with Crippen LogP contribution in [0.3, 0.4) is 0 Å². The van der Waals surface area contributed by atoms with Crippen molar-refractivity contribution >= 4 is 29.4 Å². The first-order valence-electron chi connectivity index (χ1n) is 13.8. The second-order valence-electron chi connectivity index (χ2n) is 11.6. The monoisotopic (exact) mass is 552 g/mol. The lowest BCUT2D eigenvalue weighted by Gasteiger charge is -2.41. The molecule has 9 heteroatoms. The average Bonchev–Trinajstić information content (AvgIpc) is 3.60. The van der Waals surface area contributed by atoms with Gasteiger partial charge in [0.15, 0.2) is 0 Å². The lowest BCUT2D eigenvalue weighted by atomic mass is 9.76. The molecule has 39 heavy (non-hydrogen) atoms. The first-order valence-corrected chi connectivity index (χ1v) is 14.2. The van der Waals surface area contributed by atoms with Crippen LogP contribution in [0.5, 0.6) is 5.75 Å². The van der Waals surface area contributed by atoms with E-state index >= 15 is 0 Å². The number of benzene rings is 1. The molecule has 3 atom stereocenters. The first kappa shape index (κ1) is 27.6. The molecule has 3 aliphatic rings. The van der Waals surface area contributed by atoms with Crippen LogP contribution < -0.4 is 10.5 Å². The molecule has 3 unspecified atom stereocenters. The maximum atomic E-state index is 13.8. The van der Waals surface area contributed by atoms with Gasteiger partial charge in [0.25, 0.3) is 5.91 Å². The highest BCUT2D eigenvalue weighted by Gasteiger charge is 2.54. The number of aromatic nitrogens is 1. The maximum absolute atomic E-state index is 13.8. The van der Waals surface area contributed by atoms with Crippen molar-refractivity contribution in [3.63, 3.8) is 0 Å². The summed E-state index contributed by atoms with van der Waals surface area (Å²) in [7, 11) is 0. The third-order valence-electron chi connectivity index (χ3n) is 9.09. The summed E-state index contributed by atoms with van der Waals surface area (Å²) >= 11 is 6.28. The Labute approximate surface area is 234 Å². The minimum absolute atomic E-state index is 0.0281. The molecule has 8 nitrogen and oxygen atoms in total. The summed E-state index contributed by atoms with van der Waals surface area (Å²) in [6.45, 7) is 8.43. The van der Waals surface area contributed by atoms with Gasteiger partial charge in [-0.15, -0.1) is 0 Å². The Bertz CT molecular complexity index is 1260. The summed E-state index contributed by atoms with van der Waals surface area (Å²) < 4.78 is 5.91. The van der Waals surface area contributed by atoms with Crippen LogP contribution in [0.1, 0.15) is 59.3 Å². The molecule has 208 valence electrons. The van der Waals surface area contributed by atoms with Gasteiger partial charge in [-0.2, -0.15) is 0 Å². The second kappa shape index (κ2) is 10.9. The van der Waals surface area contributed by atoms with Gasteiger partial charge in [-0.3, -0.25) is 24.3 Å².